The van der Waals surface area contributed by atoms with Crippen LogP contribution < -0.4 is 14.8 Å². The van der Waals surface area contributed by atoms with E-state index in [-0.39, 0.29) is 5.91 Å². The van der Waals surface area contributed by atoms with Crippen molar-refractivity contribution in [2.24, 2.45) is 0 Å². The van der Waals surface area contributed by atoms with Crippen LogP contribution in [0.4, 0.5) is 5.13 Å². The minimum absolute atomic E-state index is 0.246. The van der Waals surface area contributed by atoms with Gasteiger partial charge in [0.1, 0.15) is 5.01 Å². The third kappa shape index (κ3) is 4.92. The zero-order valence-electron chi connectivity index (χ0n) is 14.3. The normalized spacial score (nSPS) is 10.5. The number of aromatic nitrogens is 2. The van der Waals surface area contributed by atoms with Crippen LogP contribution in [0.2, 0.25) is 0 Å². The Labute approximate surface area is 146 Å². The number of carbonyl (C=O) groups excluding carboxylic acids is 1. The molecule has 0 aliphatic heterocycles. The molecule has 7 heteroatoms. The van der Waals surface area contributed by atoms with Crippen molar-refractivity contribution in [3.8, 4) is 11.5 Å². The molecule has 0 unspecified atom stereocenters. The summed E-state index contributed by atoms with van der Waals surface area (Å²) in [6.45, 7) is 2.19. The average Bonchev–Trinajstić information content (AvgIpc) is 3.05. The second-order valence-electron chi connectivity index (χ2n) is 5.34. The van der Waals surface area contributed by atoms with Crippen molar-refractivity contribution < 1.29 is 14.3 Å². The topological polar surface area (TPSA) is 73.3 Å². The van der Waals surface area contributed by atoms with Gasteiger partial charge in [0.2, 0.25) is 5.13 Å². The Morgan fingerprint density at radius 3 is 2.62 bits per heavy atom. The highest BCUT2D eigenvalue weighted by molar-refractivity contribution is 7.15. The van der Waals surface area contributed by atoms with Gasteiger partial charge in [-0.25, -0.2) is 0 Å². The van der Waals surface area contributed by atoms with E-state index in [4.69, 9.17) is 9.47 Å². The predicted molar refractivity (Wildman–Crippen MR) is 95.3 cm³/mol. The zero-order chi connectivity index (χ0) is 17.4. The first-order valence-electron chi connectivity index (χ1n) is 8.03. The van der Waals surface area contributed by atoms with E-state index in [1.807, 2.05) is 0 Å². The summed E-state index contributed by atoms with van der Waals surface area (Å²) in [7, 11) is 3.09. The maximum Gasteiger partial charge on any atom is 0.257 e. The van der Waals surface area contributed by atoms with Gasteiger partial charge in [-0.1, -0.05) is 37.5 Å². The molecule has 1 N–H and O–H groups in total. The number of nitrogens with zero attached hydrogens (tertiary/aromatic N) is 2. The summed E-state index contributed by atoms with van der Waals surface area (Å²) in [5.41, 5.74) is 0.479. The number of unbranched alkanes of at least 4 members (excludes halogenated alkanes) is 3. The average molecular weight is 349 g/mol. The fourth-order valence-electron chi connectivity index (χ4n) is 2.25. The monoisotopic (exact) mass is 349 g/mol. The van der Waals surface area contributed by atoms with E-state index in [1.54, 1.807) is 25.3 Å². The molecule has 1 aromatic carbocycles. The van der Waals surface area contributed by atoms with Crippen LogP contribution in [0.15, 0.2) is 18.2 Å². The molecule has 1 amide bonds. The molecule has 2 rings (SSSR count). The number of hydrogen-bond donors (Lipinski definition) is 1. The number of aryl methyl sites for hydroxylation is 1. The maximum absolute atomic E-state index is 12.3. The molecular weight excluding hydrogens is 326 g/mol. The number of nitrogens with one attached hydrogen (secondary N) is 1. The molecule has 0 radical (unpaired) electrons. The number of methoxy groups -OCH3 is 2. The van der Waals surface area contributed by atoms with Gasteiger partial charge in [0, 0.05) is 12.0 Å². The van der Waals surface area contributed by atoms with E-state index < -0.39 is 0 Å². The van der Waals surface area contributed by atoms with Crippen molar-refractivity contribution in [1.29, 1.82) is 0 Å². The quantitative estimate of drug-likeness (QED) is 0.694. The lowest BCUT2D eigenvalue weighted by molar-refractivity contribution is 0.102. The number of carbonyl (C=O) groups is 1. The van der Waals surface area contributed by atoms with E-state index in [2.05, 4.69) is 22.4 Å². The highest BCUT2D eigenvalue weighted by Gasteiger charge is 2.13. The molecule has 130 valence electrons. The molecule has 1 aromatic heterocycles. The Hall–Kier alpha value is -2.15. The predicted octanol–water partition coefficient (Wildman–Crippen LogP) is 3.93. The highest BCUT2D eigenvalue weighted by Crippen LogP contribution is 2.28. The van der Waals surface area contributed by atoms with Gasteiger partial charge in [-0.15, -0.1) is 10.2 Å². The largest absolute Gasteiger partial charge is 0.493 e. The Kier molecular flexibility index (Phi) is 6.99. The Morgan fingerprint density at radius 1 is 1.12 bits per heavy atom. The van der Waals surface area contributed by atoms with Crippen LogP contribution in [0.3, 0.4) is 0 Å². The molecule has 0 atom stereocenters. The fraction of sp³-hybridized carbons (Fsp3) is 0.471. The summed E-state index contributed by atoms with van der Waals surface area (Å²) >= 11 is 1.42. The van der Waals surface area contributed by atoms with Gasteiger partial charge in [-0.2, -0.15) is 0 Å². The smallest absolute Gasteiger partial charge is 0.257 e. The third-order valence-electron chi connectivity index (χ3n) is 3.58. The number of benzene rings is 1. The number of hydrogen-bond acceptors (Lipinski definition) is 6. The van der Waals surface area contributed by atoms with Crippen molar-refractivity contribution in [3.05, 3.63) is 28.8 Å². The first kappa shape index (κ1) is 18.2. The summed E-state index contributed by atoms with van der Waals surface area (Å²) < 4.78 is 10.4. The summed E-state index contributed by atoms with van der Waals surface area (Å²) in [4.78, 5) is 12.3. The molecule has 0 aliphatic carbocycles. The number of amides is 1. The molecule has 24 heavy (non-hydrogen) atoms. The highest BCUT2D eigenvalue weighted by atomic mass is 32.1. The molecule has 6 nitrogen and oxygen atoms in total. The Bertz CT molecular complexity index is 673. The lowest BCUT2D eigenvalue weighted by Crippen LogP contribution is -2.11. The van der Waals surface area contributed by atoms with Gasteiger partial charge < -0.3 is 9.47 Å². The second kappa shape index (κ2) is 9.22. The van der Waals surface area contributed by atoms with E-state index in [9.17, 15) is 4.79 Å². The standard InChI is InChI=1S/C17H23N3O3S/c1-4-5-6-7-8-15-19-20-17(24-15)18-16(21)12-9-10-13(22-2)14(11-12)23-3/h9-11H,4-8H2,1-3H3,(H,18,20,21). The lowest BCUT2D eigenvalue weighted by atomic mass is 10.2. The van der Waals surface area contributed by atoms with Crippen molar-refractivity contribution in [2.75, 3.05) is 19.5 Å². The molecule has 0 saturated heterocycles. The molecular formula is C17H23N3O3S. The second-order valence-corrected chi connectivity index (χ2v) is 6.40. The Morgan fingerprint density at radius 2 is 1.92 bits per heavy atom. The van der Waals surface area contributed by atoms with Crippen LogP contribution >= 0.6 is 11.3 Å². The maximum atomic E-state index is 12.3. The van der Waals surface area contributed by atoms with Gasteiger partial charge >= 0.3 is 0 Å². The molecule has 0 spiro atoms. The van der Waals surface area contributed by atoms with Crippen LogP contribution in [-0.4, -0.2) is 30.3 Å². The molecule has 1 heterocycles. The summed E-state index contributed by atoms with van der Waals surface area (Å²) in [5.74, 6) is 0.850. The van der Waals surface area contributed by atoms with Crippen molar-refractivity contribution in [3.63, 3.8) is 0 Å². The first-order valence-corrected chi connectivity index (χ1v) is 8.85. The van der Waals surface area contributed by atoms with E-state index >= 15 is 0 Å². The van der Waals surface area contributed by atoms with Gasteiger partial charge in [0.25, 0.3) is 5.91 Å². The van der Waals surface area contributed by atoms with Gasteiger partial charge in [0.05, 0.1) is 14.2 Å². The molecule has 0 bridgehead atoms. The van der Waals surface area contributed by atoms with Gasteiger partial charge in [-0.3, -0.25) is 10.1 Å². The third-order valence-corrected chi connectivity index (χ3v) is 4.48. The molecule has 2 aromatic rings. The van der Waals surface area contributed by atoms with E-state index in [0.717, 1.165) is 17.8 Å². The molecule has 0 saturated carbocycles. The van der Waals surface area contributed by atoms with Crippen molar-refractivity contribution in [2.45, 2.75) is 39.0 Å². The molecule has 0 fully saturated rings. The molecule has 0 aliphatic rings. The van der Waals surface area contributed by atoms with Crippen LogP contribution in [0.1, 0.15) is 48.0 Å². The minimum atomic E-state index is -0.246. The van der Waals surface area contributed by atoms with Gasteiger partial charge in [0.15, 0.2) is 11.5 Å². The number of ether oxygens (including phenoxy) is 2. The fourth-order valence-corrected chi connectivity index (χ4v) is 3.03. The van der Waals surface area contributed by atoms with Gasteiger partial charge in [-0.05, 0) is 24.6 Å². The van der Waals surface area contributed by atoms with Crippen LogP contribution in [0, 0.1) is 0 Å². The SMILES string of the molecule is CCCCCCc1nnc(NC(=O)c2ccc(OC)c(OC)c2)s1. The Balaban J connectivity index is 1.96. The number of anilines is 1. The van der Waals surface area contributed by atoms with Crippen LogP contribution in [0.25, 0.3) is 0 Å². The zero-order valence-corrected chi connectivity index (χ0v) is 15.1. The van der Waals surface area contributed by atoms with Crippen LogP contribution in [-0.2, 0) is 6.42 Å². The lowest BCUT2D eigenvalue weighted by Gasteiger charge is -2.08. The number of rotatable bonds is 9. The summed E-state index contributed by atoms with van der Waals surface area (Å²) in [5, 5.41) is 12.4. The summed E-state index contributed by atoms with van der Waals surface area (Å²) in [6, 6.07) is 5.03. The van der Waals surface area contributed by atoms with Crippen molar-refractivity contribution in [1.82, 2.24) is 10.2 Å². The minimum Gasteiger partial charge on any atom is -0.493 e. The van der Waals surface area contributed by atoms with E-state index in [0.29, 0.717) is 22.2 Å². The first-order chi connectivity index (χ1) is 11.7. The summed E-state index contributed by atoms with van der Waals surface area (Å²) in [6.07, 6.45) is 5.66. The van der Waals surface area contributed by atoms with Crippen LogP contribution in [0.5, 0.6) is 11.5 Å². The van der Waals surface area contributed by atoms with Crippen molar-refractivity contribution >= 4 is 22.4 Å². The van der Waals surface area contributed by atoms with E-state index in [1.165, 1.54) is 37.7 Å².